The van der Waals surface area contributed by atoms with Crippen LogP contribution >= 0.6 is 7.82 Å². The second-order valence-electron chi connectivity index (χ2n) is 4.25. The molecule has 0 aliphatic carbocycles. The average molecular weight is 383 g/mol. The van der Waals surface area contributed by atoms with Crippen molar-refractivity contribution in [2.45, 2.75) is 0 Å². The van der Waals surface area contributed by atoms with Crippen LogP contribution in [0.1, 0.15) is 0 Å². The topological polar surface area (TPSA) is 202 Å². The van der Waals surface area contributed by atoms with E-state index in [1.165, 1.54) is 0 Å². The van der Waals surface area contributed by atoms with Crippen LogP contribution in [-0.2, 0) is 4.57 Å². The van der Waals surface area contributed by atoms with Crippen LogP contribution in [0.15, 0.2) is 48.5 Å². The van der Waals surface area contributed by atoms with Gasteiger partial charge in [-0.25, -0.2) is 4.57 Å². The summed E-state index contributed by atoms with van der Waals surface area (Å²) in [5.74, 6) is -0.216. The van der Waals surface area contributed by atoms with Gasteiger partial charge in [-0.05, 0) is 34.7 Å². The summed E-state index contributed by atoms with van der Waals surface area (Å²) in [6.45, 7) is 0. The van der Waals surface area contributed by atoms with Gasteiger partial charge in [0.15, 0.2) is 0 Å². The number of phosphoric acid groups is 1. The molecule has 0 spiro atoms. The third-order valence-electron chi connectivity index (χ3n) is 2.54. The zero-order chi connectivity index (χ0) is 19.7. The number of nitrogens with one attached hydrogen (secondary N) is 1. The van der Waals surface area contributed by atoms with Gasteiger partial charge in [-0.3, -0.25) is 25.1 Å². The molecule has 0 saturated heterocycles. The SMILES string of the molecule is O=[N+]([O-])c1ccc(OP(=O)(O)Oc2ccc([N+](=O)[O-])cc2)cc1.[N-]=[N+]=N. The van der Waals surface area contributed by atoms with Crippen LogP contribution < -0.4 is 9.05 Å². The molecule has 13 nitrogen and oxygen atoms in total. The predicted molar refractivity (Wildman–Crippen MR) is 86.7 cm³/mol. The molecule has 0 unspecified atom stereocenters. The second kappa shape index (κ2) is 8.99. The summed E-state index contributed by atoms with van der Waals surface area (Å²) >= 11 is 0. The highest BCUT2D eigenvalue weighted by atomic mass is 31.2. The van der Waals surface area contributed by atoms with Crippen molar-refractivity contribution in [1.82, 2.24) is 0 Å². The van der Waals surface area contributed by atoms with Crippen LogP contribution in [0.5, 0.6) is 11.5 Å². The second-order valence-corrected chi connectivity index (χ2v) is 5.56. The molecule has 26 heavy (non-hydrogen) atoms. The number of hydrogen-bond donors (Lipinski definition) is 2. The normalized spacial score (nSPS) is 9.88. The molecule has 0 aliphatic heterocycles. The van der Waals surface area contributed by atoms with Gasteiger partial charge in [0.25, 0.3) is 11.4 Å². The standard InChI is InChI=1S/C12H9N2O8P.HN3/c15-13(16)9-1-5-11(6-2-9)21-23(19,20)22-12-7-3-10(4-8-12)14(17)18;1-3-2/h1-8H,(H,19,20);1H. The molecule has 2 rings (SSSR count). The molecule has 2 aromatic carbocycles. The molecule has 2 aromatic rings. The Hall–Kier alpha value is -3.66. The molecule has 0 heterocycles. The highest BCUT2D eigenvalue weighted by molar-refractivity contribution is 7.48. The van der Waals surface area contributed by atoms with E-state index in [1.54, 1.807) is 4.91 Å². The molecule has 0 atom stereocenters. The minimum Gasteiger partial charge on any atom is -0.395 e. The number of benzene rings is 2. The number of nitro benzene ring substituents is 2. The van der Waals surface area contributed by atoms with E-state index in [9.17, 15) is 29.7 Å². The maximum Gasteiger partial charge on any atom is 0.584 e. The van der Waals surface area contributed by atoms with Crippen molar-refractivity contribution in [3.63, 3.8) is 0 Å². The first-order valence-electron chi connectivity index (χ1n) is 6.40. The number of phosphoric ester groups is 1. The van der Waals surface area contributed by atoms with Gasteiger partial charge in [-0.15, -0.1) is 5.53 Å². The van der Waals surface area contributed by atoms with E-state index < -0.39 is 17.7 Å². The largest absolute Gasteiger partial charge is 0.584 e. The van der Waals surface area contributed by atoms with Crippen molar-refractivity contribution < 1.29 is 28.4 Å². The third kappa shape index (κ3) is 6.45. The summed E-state index contributed by atoms with van der Waals surface area (Å²) in [6.07, 6.45) is 0. The Labute approximate surface area is 144 Å². The van der Waals surface area contributed by atoms with Gasteiger partial charge in [-0.1, -0.05) is 0 Å². The lowest BCUT2D eigenvalue weighted by Crippen LogP contribution is -2.00. The zero-order valence-electron chi connectivity index (χ0n) is 12.7. The van der Waals surface area contributed by atoms with Gasteiger partial charge >= 0.3 is 7.82 Å². The van der Waals surface area contributed by atoms with Crippen LogP contribution in [-0.4, -0.2) is 14.7 Å². The Morgan fingerprint density at radius 1 is 0.923 bits per heavy atom. The molecule has 0 saturated carbocycles. The Morgan fingerprint density at radius 3 is 1.42 bits per heavy atom. The Morgan fingerprint density at radius 2 is 1.19 bits per heavy atom. The maximum absolute atomic E-state index is 11.8. The van der Waals surface area contributed by atoms with Gasteiger partial charge in [0.05, 0.1) is 9.85 Å². The van der Waals surface area contributed by atoms with Gasteiger partial charge in [0.2, 0.25) is 0 Å². The number of rotatable bonds is 6. The molecular formula is C12H10N5O8P. The van der Waals surface area contributed by atoms with Crippen molar-refractivity contribution in [2.24, 2.45) is 0 Å². The van der Waals surface area contributed by atoms with E-state index in [0.717, 1.165) is 48.5 Å². The summed E-state index contributed by atoms with van der Waals surface area (Å²) in [7, 11) is -4.55. The van der Waals surface area contributed by atoms with E-state index in [4.69, 9.17) is 20.1 Å². The monoisotopic (exact) mass is 383 g/mol. The number of hydrogen-bond acceptors (Lipinski definition) is 8. The minimum atomic E-state index is -4.55. The van der Waals surface area contributed by atoms with Crippen molar-refractivity contribution in [3.8, 4) is 11.5 Å². The smallest absolute Gasteiger partial charge is 0.395 e. The van der Waals surface area contributed by atoms with E-state index in [0.29, 0.717) is 0 Å². The van der Waals surface area contributed by atoms with Gasteiger partial charge in [0.1, 0.15) is 11.5 Å². The lowest BCUT2D eigenvalue weighted by atomic mass is 10.3. The summed E-state index contributed by atoms with van der Waals surface area (Å²) < 4.78 is 21.3. The lowest BCUT2D eigenvalue weighted by Gasteiger charge is -2.13. The van der Waals surface area contributed by atoms with Crippen LogP contribution in [0.2, 0.25) is 0 Å². The van der Waals surface area contributed by atoms with Gasteiger partial charge in [0, 0.05) is 24.3 Å². The predicted octanol–water partition coefficient (Wildman–Crippen LogP) is 3.94. The van der Waals surface area contributed by atoms with Crippen LogP contribution in [0, 0.1) is 25.8 Å². The Kier molecular flexibility index (Phi) is 7.05. The molecule has 0 fully saturated rings. The van der Waals surface area contributed by atoms with E-state index >= 15 is 0 Å². The third-order valence-corrected chi connectivity index (χ3v) is 3.42. The first-order valence-corrected chi connectivity index (χ1v) is 7.90. The van der Waals surface area contributed by atoms with Crippen molar-refractivity contribution in [1.29, 1.82) is 5.53 Å². The van der Waals surface area contributed by atoms with Crippen LogP contribution in [0.4, 0.5) is 11.4 Å². The fourth-order valence-electron chi connectivity index (χ4n) is 1.54. The van der Waals surface area contributed by atoms with Crippen LogP contribution in [0.3, 0.4) is 0 Å². The molecule has 14 heteroatoms. The number of non-ortho nitro benzene ring substituents is 2. The molecule has 2 N–H and O–H groups in total. The van der Waals surface area contributed by atoms with E-state index in [1.807, 2.05) is 0 Å². The van der Waals surface area contributed by atoms with E-state index in [-0.39, 0.29) is 22.9 Å². The summed E-state index contributed by atoms with van der Waals surface area (Å²) in [4.78, 5) is 31.1. The summed E-state index contributed by atoms with van der Waals surface area (Å²) in [5.41, 5.74) is 11.8. The molecule has 0 aliphatic rings. The molecular weight excluding hydrogens is 373 g/mol. The van der Waals surface area contributed by atoms with Crippen molar-refractivity contribution in [3.05, 3.63) is 79.2 Å². The molecule has 0 bridgehead atoms. The quantitative estimate of drug-likeness (QED) is 0.186. The highest BCUT2D eigenvalue weighted by Crippen LogP contribution is 2.44. The lowest BCUT2D eigenvalue weighted by molar-refractivity contribution is -0.385. The fraction of sp³-hybridized carbons (Fsp3) is 0. The molecule has 0 radical (unpaired) electrons. The minimum absolute atomic E-state index is 0.108. The van der Waals surface area contributed by atoms with E-state index in [2.05, 4.69) is 0 Å². The Balaban J connectivity index is 0.00000105. The molecule has 0 aromatic heterocycles. The van der Waals surface area contributed by atoms with Crippen molar-refractivity contribution in [2.75, 3.05) is 0 Å². The summed E-state index contributed by atoms with van der Waals surface area (Å²) in [5, 5.41) is 21.0. The average Bonchev–Trinajstić information content (AvgIpc) is 2.55. The zero-order valence-corrected chi connectivity index (χ0v) is 13.6. The molecule has 136 valence electrons. The van der Waals surface area contributed by atoms with Crippen LogP contribution in [0.25, 0.3) is 10.4 Å². The molecule has 0 amide bonds. The number of nitrogens with zero attached hydrogens (tertiary/aromatic N) is 4. The van der Waals surface area contributed by atoms with Gasteiger partial charge in [-0.2, -0.15) is 0 Å². The van der Waals surface area contributed by atoms with Gasteiger partial charge < -0.3 is 9.05 Å². The highest BCUT2D eigenvalue weighted by Gasteiger charge is 2.25. The fourth-order valence-corrected chi connectivity index (χ4v) is 2.36. The first kappa shape index (κ1) is 20.4. The first-order chi connectivity index (χ1) is 12.2. The maximum atomic E-state index is 11.8. The van der Waals surface area contributed by atoms with Crippen molar-refractivity contribution >= 4 is 19.2 Å². The Bertz CT molecular complexity index is 801. The summed E-state index contributed by atoms with van der Waals surface area (Å²) in [6, 6.07) is 8.95. The number of nitro groups is 2.